The zero-order chi connectivity index (χ0) is 26.2. The maximum Gasteiger partial charge on any atom is 0.453 e. The van der Waals surface area contributed by atoms with E-state index in [0.717, 1.165) is 0 Å². The van der Waals surface area contributed by atoms with Gasteiger partial charge in [-0.25, -0.2) is 0 Å². The van der Waals surface area contributed by atoms with Crippen molar-refractivity contribution in [3.8, 4) is 28.7 Å². The van der Waals surface area contributed by atoms with Crippen LogP contribution < -0.4 is 14.8 Å². The highest BCUT2D eigenvalue weighted by Gasteiger charge is 2.85. The minimum atomic E-state index is -4.57. The van der Waals surface area contributed by atoms with Crippen molar-refractivity contribution in [1.29, 1.82) is 0 Å². The zero-order valence-corrected chi connectivity index (χ0v) is 16.6. The molecule has 2 aliphatic rings. The number of ether oxygens (including phenoxy) is 2. The number of aromatic hydroxyl groups is 3. The number of aliphatic hydroxyl groups is 11. The van der Waals surface area contributed by atoms with Crippen LogP contribution in [0.15, 0.2) is 0 Å². The average molecular weight is 499 g/mol. The molecule has 1 aliphatic heterocycles. The fourth-order valence-electron chi connectivity index (χ4n) is 3.66. The lowest BCUT2D eigenvalue weighted by Gasteiger charge is -2.34. The molecular weight excluding hydrogens is 478 g/mol. The van der Waals surface area contributed by atoms with Gasteiger partial charge in [0, 0.05) is 24.4 Å². The smallest absolute Gasteiger partial charge is 0.453 e. The van der Waals surface area contributed by atoms with Crippen molar-refractivity contribution in [2.24, 2.45) is 0 Å². The van der Waals surface area contributed by atoms with E-state index in [4.69, 9.17) is 20.1 Å². The molecular formula is C16H21NO17. The van der Waals surface area contributed by atoms with Gasteiger partial charge in [0.1, 0.15) is 0 Å². The summed E-state index contributed by atoms with van der Waals surface area (Å²) in [5.74, 6) is -27.1. The van der Waals surface area contributed by atoms with Gasteiger partial charge in [-0.3, -0.25) is 4.79 Å². The topological polar surface area (TPSA) is 331 Å². The highest BCUT2D eigenvalue weighted by molar-refractivity contribution is 5.81. The van der Waals surface area contributed by atoms with Gasteiger partial charge in [0.05, 0.1) is 0 Å². The highest BCUT2D eigenvalue weighted by atomic mass is 16.9. The second-order valence-electron chi connectivity index (χ2n) is 7.79. The molecule has 34 heavy (non-hydrogen) atoms. The van der Waals surface area contributed by atoms with E-state index >= 15 is 0 Å². The number of carbonyl (C=O) groups excluding carboxylic acids is 1. The second-order valence-corrected chi connectivity index (χ2v) is 7.79. The highest BCUT2D eigenvalue weighted by Crippen LogP contribution is 2.58. The van der Waals surface area contributed by atoms with Gasteiger partial charge in [-0.1, -0.05) is 0 Å². The third kappa shape index (κ3) is 3.45. The molecule has 18 nitrogen and oxygen atoms in total. The monoisotopic (exact) mass is 499 g/mol. The van der Waals surface area contributed by atoms with Crippen LogP contribution in [0.2, 0.25) is 0 Å². The van der Waals surface area contributed by atoms with E-state index in [0.29, 0.717) is 0 Å². The fourth-order valence-corrected chi connectivity index (χ4v) is 3.66. The van der Waals surface area contributed by atoms with Crippen molar-refractivity contribution in [3.63, 3.8) is 0 Å². The van der Waals surface area contributed by atoms with E-state index in [1.807, 2.05) is 0 Å². The van der Waals surface area contributed by atoms with Gasteiger partial charge in [0.15, 0.2) is 11.5 Å². The first-order valence-corrected chi connectivity index (χ1v) is 9.07. The van der Waals surface area contributed by atoms with Crippen LogP contribution in [0.3, 0.4) is 0 Å². The fraction of sp³-hybridized carbons (Fsp3) is 0.562. The van der Waals surface area contributed by atoms with Crippen LogP contribution in [-0.4, -0.2) is 119 Å². The Kier molecular flexibility index (Phi) is 5.61. The lowest BCUT2D eigenvalue weighted by atomic mass is 9.94. The second kappa shape index (κ2) is 7.37. The Labute approximate surface area is 186 Å². The minimum Gasteiger partial charge on any atom is -0.504 e. The van der Waals surface area contributed by atoms with E-state index in [-0.39, 0.29) is 6.54 Å². The van der Waals surface area contributed by atoms with Crippen molar-refractivity contribution in [1.82, 2.24) is 5.32 Å². The summed E-state index contributed by atoms with van der Waals surface area (Å²) in [7, 11) is 0. The van der Waals surface area contributed by atoms with Crippen LogP contribution in [0.25, 0.3) is 0 Å². The molecule has 18 heteroatoms. The van der Waals surface area contributed by atoms with Crippen molar-refractivity contribution < 1.29 is 85.8 Å². The van der Waals surface area contributed by atoms with E-state index in [1.54, 1.807) is 0 Å². The Morgan fingerprint density at radius 1 is 0.794 bits per heavy atom. The maximum absolute atomic E-state index is 11.5. The van der Waals surface area contributed by atoms with Gasteiger partial charge in [0.2, 0.25) is 29.3 Å². The standard InChI is InChI=1S/C16H21NO17/c18-4-1-3(2-17-4)5-6(19)8(21)10(34-16(30,31)32)9(7(5)20)33-11-12(22,23)14(26,27)15(28,29)13(11,24)25/h3,11,19-32H,1-2H2,(H,17,18). The summed E-state index contributed by atoms with van der Waals surface area (Å²) in [5, 5.41) is 140. The summed E-state index contributed by atoms with van der Waals surface area (Å²) in [4.78, 5) is 11.5. The van der Waals surface area contributed by atoms with E-state index in [1.165, 1.54) is 0 Å². The number of nitrogens with one attached hydrogen (secondary N) is 1. The first-order valence-electron chi connectivity index (χ1n) is 9.07. The third-order valence-electron chi connectivity index (χ3n) is 5.47. The summed E-state index contributed by atoms with van der Waals surface area (Å²) >= 11 is 0. The molecule has 1 saturated heterocycles. The molecule has 1 unspecified atom stereocenters. The van der Waals surface area contributed by atoms with Crippen molar-refractivity contribution in [2.45, 2.75) is 47.8 Å². The number of hydrogen-bond donors (Lipinski definition) is 15. The van der Waals surface area contributed by atoms with Gasteiger partial charge in [-0.15, -0.1) is 0 Å². The summed E-state index contributed by atoms with van der Waals surface area (Å²) in [5.41, 5.74) is -0.725. The number of amides is 1. The molecule has 3 rings (SSSR count). The van der Waals surface area contributed by atoms with E-state index in [2.05, 4.69) is 10.1 Å². The molecule has 1 saturated carbocycles. The van der Waals surface area contributed by atoms with Gasteiger partial charge in [-0.05, 0) is 0 Å². The predicted molar refractivity (Wildman–Crippen MR) is 94.9 cm³/mol. The Bertz CT molecular complexity index is 984. The van der Waals surface area contributed by atoms with Crippen molar-refractivity contribution >= 4 is 5.91 Å². The van der Waals surface area contributed by atoms with Crippen LogP contribution in [-0.2, 0) is 4.79 Å². The first-order chi connectivity index (χ1) is 15.2. The molecule has 1 amide bonds. The Balaban J connectivity index is 2.26. The minimum absolute atomic E-state index is 0.257. The lowest BCUT2D eigenvalue weighted by molar-refractivity contribution is -0.452. The molecule has 1 aromatic carbocycles. The third-order valence-corrected chi connectivity index (χ3v) is 5.47. The summed E-state index contributed by atoms with van der Waals surface area (Å²) in [6.07, 6.45) is -7.98. The largest absolute Gasteiger partial charge is 0.504 e. The maximum atomic E-state index is 11.5. The molecule has 1 atom stereocenters. The molecule has 2 fully saturated rings. The normalized spacial score (nSPS) is 25.3. The van der Waals surface area contributed by atoms with Gasteiger partial charge in [-0.2, -0.15) is 0 Å². The predicted octanol–water partition coefficient (Wildman–Crippen LogP) is -7.14. The van der Waals surface area contributed by atoms with Gasteiger partial charge < -0.3 is 86.3 Å². The molecule has 1 aromatic rings. The number of benzene rings is 1. The summed E-state index contributed by atoms with van der Waals surface area (Å²) < 4.78 is 8.85. The summed E-state index contributed by atoms with van der Waals surface area (Å²) in [6.45, 7) is -0.257. The number of phenols is 3. The average Bonchev–Trinajstić information content (AvgIpc) is 3.11. The molecule has 0 spiro atoms. The van der Waals surface area contributed by atoms with Crippen LogP contribution in [0.1, 0.15) is 17.9 Å². The number of rotatable bonds is 5. The van der Waals surface area contributed by atoms with Crippen molar-refractivity contribution in [3.05, 3.63) is 5.56 Å². The molecule has 192 valence electrons. The quantitative estimate of drug-likeness (QED) is 0.102. The number of phenolic OH excluding ortho intramolecular Hbond substituents is 3. The number of hydrogen-bond acceptors (Lipinski definition) is 17. The summed E-state index contributed by atoms with van der Waals surface area (Å²) in [6, 6.07) is 0. The lowest BCUT2D eigenvalue weighted by Crippen LogP contribution is -2.66. The molecule has 0 bridgehead atoms. The molecule has 0 aromatic heterocycles. The molecule has 1 heterocycles. The Hall–Kier alpha value is -2.75. The van der Waals surface area contributed by atoms with Crippen molar-refractivity contribution in [2.75, 3.05) is 6.54 Å². The van der Waals surface area contributed by atoms with E-state index < -0.39 is 88.0 Å². The van der Waals surface area contributed by atoms with Gasteiger partial charge >= 0.3 is 6.16 Å². The zero-order valence-electron chi connectivity index (χ0n) is 16.6. The molecule has 0 radical (unpaired) electrons. The SMILES string of the molecule is O=C1CC(c2c(O)c(O)c(OC(O)(O)O)c(OC3C(O)(O)C(O)(O)C(O)(O)C3(O)O)c2O)CN1. The number of carbonyl (C=O) groups is 1. The first kappa shape index (κ1) is 25.9. The van der Waals surface area contributed by atoms with Crippen LogP contribution in [0.5, 0.6) is 28.7 Å². The van der Waals surface area contributed by atoms with Crippen LogP contribution >= 0.6 is 0 Å². The van der Waals surface area contributed by atoms with E-state index in [9.17, 15) is 61.0 Å². The Morgan fingerprint density at radius 2 is 1.29 bits per heavy atom. The Morgan fingerprint density at radius 3 is 1.71 bits per heavy atom. The van der Waals surface area contributed by atoms with Crippen LogP contribution in [0.4, 0.5) is 0 Å². The molecule has 15 N–H and O–H groups in total. The molecule has 1 aliphatic carbocycles. The van der Waals surface area contributed by atoms with Crippen LogP contribution in [0, 0.1) is 0 Å². The van der Waals surface area contributed by atoms with Gasteiger partial charge in [0.25, 0.3) is 23.1 Å².